The van der Waals surface area contributed by atoms with Crippen molar-refractivity contribution in [2.24, 2.45) is 0 Å². The van der Waals surface area contributed by atoms with Crippen LogP contribution in [0.15, 0.2) is 36.4 Å². The number of nitrogens with zero attached hydrogens (tertiary/aromatic N) is 2. The van der Waals surface area contributed by atoms with Gasteiger partial charge in [-0.15, -0.1) is 0 Å². The minimum Gasteiger partial charge on any atom is -0.384 e. The quantitative estimate of drug-likeness (QED) is 0.857. The lowest BCUT2D eigenvalue weighted by atomic mass is 10.0. The minimum atomic E-state index is 0.565. The molecule has 2 aromatic rings. The van der Waals surface area contributed by atoms with E-state index in [1.165, 1.54) is 11.3 Å². The highest BCUT2D eigenvalue weighted by Crippen LogP contribution is 2.26. The van der Waals surface area contributed by atoms with Crippen molar-refractivity contribution in [2.45, 2.75) is 6.92 Å². The molecule has 3 nitrogen and oxygen atoms in total. The Labute approximate surface area is 102 Å². The Kier molecular flexibility index (Phi) is 3.00. The fourth-order valence-electron chi connectivity index (χ4n) is 1.84. The predicted octanol–water partition coefficient (Wildman–Crippen LogP) is 2.71. The first kappa shape index (κ1) is 11.5. The van der Waals surface area contributed by atoms with E-state index < -0.39 is 0 Å². The molecule has 17 heavy (non-hydrogen) atoms. The second-order valence-corrected chi connectivity index (χ2v) is 4.31. The fourth-order valence-corrected chi connectivity index (χ4v) is 1.84. The molecule has 0 spiro atoms. The number of anilines is 2. The van der Waals surface area contributed by atoms with Crippen LogP contribution in [0.1, 0.15) is 5.69 Å². The largest absolute Gasteiger partial charge is 0.384 e. The van der Waals surface area contributed by atoms with Crippen LogP contribution in [0, 0.1) is 6.92 Å². The molecule has 0 saturated heterocycles. The van der Waals surface area contributed by atoms with Gasteiger partial charge in [-0.3, -0.25) is 0 Å². The number of aryl methyl sites for hydroxylation is 1. The zero-order chi connectivity index (χ0) is 12.4. The summed E-state index contributed by atoms with van der Waals surface area (Å²) in [7, 11) is 4.07. The van der Waals surface area contributed by atoms with Gasteiger partial charge in [0.05, 0.1) is 0 Å². The molecule has 0 aliphatic carbocycles. The maximum Gasteiger partial charge on any atom is 0.123 e. The first-order valence-electron chi connectivity index (χ1n) is 5.59. The summed E-state index contributed by atoms with van der Waals surface area (Å²) in [5, 5.41) is 0. The zero-order valence-corrected chi connectivity index (χ0v) is 10.4. The Bertz CT molecular complexity index is 533. The normalized spacial score (nSPS) is 10.3. The SMILES string of the molecule is Cc1nc(N)ccc1-c1cccc(N(C)C)c1. The fraction of sp³-hybridized carbons (Fsp3) is 0.214. The predicted molar refractivity (Wildman–Crippen MR) is 73.1 cm³/mol. The van der Waals surface area contributed by atoms with E-state index in [9.17, 15) is 0 Å². The van der Waals surface area contributed by atoms with Crippen LogP contribution in [-0.2, 0) is 0 Å². The smallest absolute Gasteiger partial charge is 0.123 e. The van der Waals surface area contributed by atoms with Crippen molar-refractivity contribution >= 4 is 11.5 Å². The maximum absolute atomic E-state index is 5.66. The third-order valence-corrected chi connectivity index (χ3v) is 2.78. The van der Waals surface area contributed by atoms with Gasteiger partial charge in [-0.25, -0.2) is 4.98 Å². The molecule has 0 atom stereocenters. The van der Waals surface area contributed by atoms with E-state index in [4.69, 9.17) is 5.73 Å². The lowest BCUT2D eigenvalue weighted by Gasteiger charge is -2.14. The molecular weight excluding hydrogens is 210 g/mol. The number of rotatable bonds is 2. The van der Waals surface area contributed by atoms with Crippen molar-refractivity contribution in [2.75, 3.05) is 24.7 Å². The summed E-state index contributed by atoms with van der Waals surface area (Å²) >= 11 is 0. The van der Waals surface area contributed by atoms with Crippen LogP contribution < -0.4 is 10.6 Å². The van der Waals surface area contributed by atoms with E-state index in [-0.39, 0.29) is 0 Å². The molecule has 2 N–H and O–H groups in total. The van der Waals surface area contributed by atoms with E-state index in [1.54, 1.807) is 0 Å². The van der Waals surface area contributed by atoms with Gasteiger partial charge in [-0.05, 0) is 36.8 Å². The van der Waals surface area contributed by atoms with Crippen molar-refractivity contribution < 1.29 is 0 Å². The highest BCUT2D eigenvalue weighted by molar-refractivity contribution is 5.70. The third kappa shape index (κ3) is 2.38. The highest BCUT2D eigenvalue weighted by atomic mass is 15.1. The summed E-state index contributed by atoms with van der Waals surface area (Å²) in [6.07, 6.45) is 0. The Morgan fingerprint density at radius 3 is 2.53 bits per heavy atom. The number of aromatic nitrogens is 1. The number of pyridine rings is 1. The molecular formula is C14H17N3. The summed E-state index contributed by atoms with van der Waals surface area (Å²) in [5.41, 5.74) is 10.1. The van der Waals surface area contributed by atoms with Gasteiger partial charge in [-0.1, -0.05) is 12.1 Å². The number of hydrogen-bond donors (Lipinski definition) is 1. The van der Waals surface area contributed by atoms with Crippen molar-refractivity contribution in [3.63, 3.8) is 0 Å². The van der Waals surface area contributed by atoms with Gasteiger partial charge < -0.3 is 10.6 Å². The second kappa shape index (κ2) is 4.45. The summed E-state index contributed by atoms with van der Waals surface area (Å²) in [6, 6.07) is 12.2. The molecule has 2 rings (SSSR count). The molecule has 0 fully saturated rings. The van der Waals surface area contributed by atoms with E-state index in [1.807, 2.05) is 33.2 Å². The van der Waals surface area contributed by atoms with E-state index in [0.29, 0.717) is 5.82 Å². The number of hydrogen-bond acceptors (Lipinski definition) is 3. The molecule has 1 heterocycles. The van der Waals surface area contributed by atoms with Gasteiger partial charge in [0.2, 0.25) is 0 Å². The molecule has 0 aliphatic heterocycles. The molecule has 1 aromatic carbocycles. The number of benzene rings is 1. The Hall–Kier alpha value is -2.03. The zero-order valence-electron chi connectivity index (χ0n) is 10.4. The van der Waals surface area contributed by atoms with Crippen molar-refractivity contribution in [1.29, 1.82) is 0 Å². The molecule has 0 bridgehead atoms. The van der Waals surface area contributed by atoms with Crippen LogP contribution >= 0.6 is 0 Å². The molecule has 0 unspecified atom stereocenters. The summed E-state index contributed by atoms with van der Waals surface area (Å²) < 4.78 is 0. The Balaban J connectivity index is 2.49. The van der Waals surface area contributed by atoms with Crippen LogP contribution in [-0.4, -0.2) is 19.1 Å². The first-order chi connectivity index (χ1) is 8.08. The average molecular weight is 227 g/mol. The summed E-state index contributed by atoms with van der Waals surface area (Å²) in [4.78, 5) is 6.38. The van der Waals surface area contributed by atoms with Gasteiger partial charge in [0.25, 0.3) is 0 Å². The lowest BCUT2D eigenvalue weighted by molar-refractivity contribution is 1.13. The molecule has 3 heteroatoms. The van der Waals surface area contributed by atoms with Crippen LogP contribution in [0.3, 0.4) is 0 Å². The van der Waals surface area contributed by atoms with Crippen molar-refractivity contribution in [3.05, 3.63) is 42.1 Å². The van der Waals surface area contributed by atoms with Crippen LogP contribution in [0.5, 0.6) is 0 Å². The van der Waals surface area contributed by atoms with Crippen molar-refractivity contribution in [1.82, 2.24) is 4.98 Å². The Morgan fingerprint density at radius 1 is 1.12 bits per heavy atom. The standard InChI is InChI=1S/C14H17N3/c1-10-13(7-8-14(15)16-10)11-5-4-6-12(9-11)17(2)3/h4-9H,1-3H3,(H2,15,16). The van der Waals surface area contributed by atoms with Crippen LogP contribution in [0.4, 0.5) is 11.5 Å². The van der Waals surface area contributed by atoms with Crippen LogP contribution in [0.25, 0.3) is 11.1 Å². The summed E-state index contributed by atoms with van der Waals surface area (Å²) in [6.45, 7) is 1.98. The van der Waals surface area contributed by atoms with Gasteiger partial charge in [-0.2, -0.15) is 0 Å². The Morgan fingerprint density at radius 2 is 1.88 bits per heavy atom. The van der Waals surface area contributed by atoms with E-state index in [0.717, 1.165) is 11.3 Å². The molecule has 0 radical (unpaired) electrons. The van der Waals surface area contributed by atoms with Gasteiger partial charge in [0, 0.05) is 31.0 Å². The van der Waals surface area contributed by atoms with Gasteiger partial charge >= 0.3 is 0 Å². The molecule has 0 saturated carbocycles. The summed E-state index contributed by atoms with van der Waals surface area (Å²) in [5.74, 6) is 0.565. The molecule has 0 aliphatic rings. The molecule has 88 valence electrons. The molecule has 1 aromatic heterocycles. The lowest BCUT2D eigenvalue weighted by Crippen LogP contribution is -2.08. The van der Waals surface area contributed by atoms with E-state index in [2.05, 4.69) is 34.1 Å². The monoisotopic (exact) mass is 227 g/mol. The first-order valence-corrected chi connectivity index (χ1v) is 5.59. The van der Waals surface area contributed by atoms with Gasteiger partial charge in [0.15, 0.2) is 0 Å². The van der Waals surface area contributed by atoms with Crippen LogP contribution in [0.2, 0.25) is 0 Å². The van der Waals surface area contributed by atoms with E-state index >= 15 is 0 Å². The highest BCUT2D eigenvalue weighted by Gasteiger charge is 2.04. The average Bonchev–Trinajstić information content (AvgIpc) is 2.29. The number of nitrogen functional groups attached to an aromatic ring is 1. The topological polar surface area (TPSA) is 42.1 Å². The van der Waals surface area contributed by atoms with Gasteiger partial charge in [0.1, 0.15) is 5.82 Å². The maximum atomic E-state index is 5.66. The number of nitrogens with two attached hydrogens (primary N) is 1. The minimum absolute atomic E-state index is 0.565. The second-order valence-electron chi connectivity index (χ2n) is 4.31. The molecule has 0 amide bonds. The van der Waals surface area contributed by atoms with Crippen molar-refractivity contribution in [3.8, 4) is 11.1 Å². The third-order valence-electron chi connectivity index (χ3n) is 2.78.